The number of nitrogens with zero attached hydrogens (tertiary/aromatic N) is 2. The Hall–Kier alpha value is -2.07. The van der Waals surface area contributed by atoms with E-state index in [-0.39, 0.29) is 21.4 Å². The molecule has 0 radical (unpaired) electrons. The Bertz CT molecular complexity index is 1210. The maximum absolute atomic E-state index is 12.7. The molecule has 0 spiro atoms. The molecule has 1 N–H and O–H groups in total. The molecule has 2 aromatic carbocycles. The van der Waals surface area contributed by atoms with Gasteiger partial charge in [-0.25, -0.2) is 18.1 Å². The molecule has 1 amide bonds. The van der Waals surface area contributed by atoms with Gasteiger partial charge in [-0.15, -0.1) is 0 Å². The lowest BCUT2D eigenvalue weighted by Gasteiger charge is -2.10. The number of aryl methyl sites for hydroxylation is 1. The predicted molar refractivity (Wildman–Crippen MR) is 114 cm³/mol. The minimum atomic E-state index is -4.21. The predicted octanol–water partition coefficient (Wildman–Crippen LogP) is 4.28. The molecule has 1 aromatic heterocycles. The van der Waals surface area contributed by atoms with Gasteiger partial charge in [0, 0.05) is 23.3 Å². The van der Waals surface area contributed by atoms with Crippen LogP contribution in [0, 0.1) is 0 Å². The molecule has 11 heteroatoms. The topological polar surface area (TPSA) is 90.3 Å². The summed E-state index contributed by atoms with van der Waals surface area (Å²) < 4.78 is 34.6. The van der Waals surface area contributed by atoms with Gasteiger partial charge in [0.1, 0.15) is 22.2 Å². The Morgan fingerprint density at radius 3 is 2.66 bits per heavy atom. The monoisotopic (exact) mass is 517 g/mol. The minimum Gasteiger partial charge on any atom is -0.495 e. The van der Waals surface area contributed by atoms with Crippen LogP contribution in [0.1, 0.15) is 10.5 Å². The summed E-state index contributed by atoms with van der Waals surface area (Å²) in [7, 11) is -1.21. The van der Waals surface area contributed by atoms with Gasteiger partial charge >= 0.3 is 0 Å². The second kappa shape index (κ2) is 8.35. The van der Waals surface area contributed by atoms with Crippen molar-refractivity contribution in [1.29, 1.82) is 0 Å². The largest absolute Gasteiger partial charge is 0.495 e. The standard InChI is InChI=1S/C18H14BrCl2N3O4S/c1-24-9-13(22-17(24)11-4-3-5-12(20)16(11)21)18(25)23-29(26,27)15-8-10(19)6-7-14(15)28-2/h3-9H,1-2H3,(H,23,25). The van der Waals surface area contributed by atoms with Crippen LogP contribution in [0.5, 0.6) is 5.75 Å². The highest BCUT2D eigenvalue weighted by Gasteiger charge is 2.25. The van der Waals surface area contributed by atoms with Gasteiger partial charge in [-0.1, -0.05) is 45.2 Å². The first-order valence-electron chi connectivity index (χ1n) is 8.02. The molecule has 3 aromatic rings. The summed E-state index contributed by atoms with van der Waals surface area (Å²) in [6.45, 7) is 0. The number of hydrogen-bond acceptors (Lipinski definition) is 5. The zero-order valence-corrected chi connectivity index (χ0v) is 19.0. The van der Waals surface area contributed by atoms with Gasteiger partial charge in [0.25, 0.3) is 15.9 Å². The highest BCUT2D eigenvalue weighted by molar-refractivity contribution is 9.10. The van der Waals surface area contributed by atoms with E-state index in [9.17, 15) is 13.2 Å². The van der Waals surface area contributed by atoms with E-state index in [1.165, 1.54) is 25.4 Å². The maximum Gasteiger partial charge on any atom is 0.285 e. The van der Waals surface area contributed by atoms with Crippen LogP contribution in [0.4, 0.5) is 0 Å². The van der Waals surface area contributed by atoms with E-state index < -0.39 is 15.9 Å². The van der Waals surface area contributed by atoms with Crippen molar-refractivity contribution in [2.45, 2.75) is 4.90 Å². The highest BCUT2D eigenvalue weighted by Crippen LogP contribution is 2.33. The fourth-order valence-corrected chi connectivity index (χ4v) is 4.65. The maximum atomic E-state index is 12.7. The lowest BCUT2D eigenvalue weighted by atomic mass is 10.2. The molecule has 3 rings (SSSR count). The van der Waals surface area contributed by atoms with Gasteiger partial charge in [0.2, 0.25) is 0 Å². The smallest absolute Gasteiger partial charge is 0.285 e. The number of amides is 1. The second-order valence-corrected chi connectivity index (χ2v) is 9.24. The van der Waals surface area contributed by atoms with Crippen molar-refractivity contribution in [3.8, 4) is 17.1 Å². The Balaban J connectivity index is 1.95. The number of halogens is 3. The first-order valence-corrected chi connectivity index (χ1v) is 11.1. The van der Waals surface area contributed by atoms with Crippen molar-refractivity contribution in [3.63, 3.8) is 0 Å². The van der Waals surface area contributed by atoms with Crippen LogP contribution >= 0.6 is 39.1 Å². The number of aromatic nitrogens is 2. The van der Waals surface area contributed by atoms with Crippen molar-refractivity contribution >= 4 is 55.1 Å². The molecule has 0 aliphatic heterocycles. The fraction of sp³-hybridized carbons (Fsp3) is 0.111. The molecule has 7 nitrogen and oxygen atoms in total. The number of ether oxygens (including phenoxy) is 1. The highest BCUT2D eigenvalue weighted by atomic mass is 79.9. The molecule has 0 atom stereocenters. The van der Waals surface area contributed by atoms with E-state index in [1.54, 1.807) is 35.9 Å². The first kappa shape index (κ1) is 21.6. The molecule has 0 aliphatic carbocycles. The molecule has 1 heterocycles. The third kappa shape index (κ3) is 4.42. The first-order chi connectivity index (χ1) is 13.6. The summed E-state index contributed by atoms with van der Waals surface area (Å²) in [5.74, 6) is -0.437. The minimum absolute atomic E-state index is 0.0981. The van der Waals surface area contributed by atoms with Gasteiger partial charge < -0.3 is 9.30 Å². The average Bonchev–Trinajstić information content (AvgIpc) is 3.05. The summed E-state index contributed by atoms with van der Waals surface area (Å²) in [5, 5.41) is 0.615. The van der Waals surface area contributed by atoms with E-state index in [0.717, 1.165) is 0 Å². The molecule has 0 saturated carbocycles. The molecular formula is C18H14BrCl2N3O4S. The van der Waals surface area contributed by atoms with Crippen LogP contribution in [-0.2, 0) is 17.1 Å². The summed E-state index contributed by atoms with van der Waals surface area (Å²) >= 11 is 15.5. The molecule has 0 aliphatic rings. The second-order valence-electron chi connectivity index (χ2n) is 5.89. The van der Waals surface area contributed by atoms with Crippen LogP contribution < -0.4 is 9.46 Å². The van der Waals surface area contributed by atoms with Gasteiger partial charge in [0.05, 0.1) is 17.2 Å². The number of hydrogen-bond donors (Lipinski definition) is 1. The number of imidazole rings is 1. The number of benzene rings is 2. The van der Waals surface area contributed by atoms with Crippen molar-refractivity contribution in [1.82, 2.24) is 14.3 Å². The molecule has 29 heavy (non-hydrogen) atoms. The summed E-state index contributed by atoms with van der Waals surface area (Å²) in [6.07, 6.45) is 1.40. The number of sulfonamides is 1. The number of carbonyl (C=O) groups is 1. The molecular weight excluding hydrogens is 505 g/mol. The molecule has 0 unspecified atom stereocenters. The Morgan fingerprint density at radius 1 is 1.24 bits per heavy atom. The molecule has 152 valence electrons. The third-order valence-corrected chi connectivity index (χ3v) is 6.61. The summed E-state index contributed by atoms with van der Waals surface area (Å²) in [4.78, 5) is 16.6. The summed E-state index contributed by atoms with van der Waals surface area (Å²) in [5.41, 5.74) is 0.410. The van der Waals surface area contributed by atoms with Gasteiger partial charge in [0.15, 0.2) is 0 Å². The van der Waals surface area contributed by atoms with E-state index >= 15 is 0 Å². The SMILES string of the molecule is COc1ccc(Br)cc1S(=O)(=O)NC(=O)c1cn(C)c(-c2cccc(Cl)c2Cl)n1. The summed E-state index contributed by atoms with van der Waals surface area (Å²) in [6, 6.07) is 9.46. The third-order valence-electron chi connectivity index (χ3n) is 3.94. The zero-order valence-electron chi connectivity index (χ0n) is 15.1. The molecule has 0 bridgehead atoms. The van der Waals surface area contributed by atoms with Gasteiger partial charge in [-0.3, -0.25) is 4.79 Å². The normalized spacial score (nSPS) is 11.3. The lowest BCUT2D eigenvalue weighted by molar-refractivity contribution is 0.0977. The Kier molecular flexibility index (Phi) is 6.23. The zero-order chi connectivity index (χ0) is 21.3. The van der Waals surface area contributed by atoms with E-state index in [1.807, 2.05) is 4.72 Å². The molecule has 0 fully saturated rings. The number of methoxy groups -OCH3 is 1. The lowest BCUT2D eigenvalue weighted by Crippen LogP contribution is -2.31. The number of carbonyl (C=O) groups excluding carboxylic acids is 1. The Morgan fingerprint density at radius 2 is 1.97 bits per heavy atom. The van der Waals surface area contributed by atoms with E-state index in [0.29, 0.717) is 20.9 Å². The van der Waals surface area contributed by atoms with Crippen LogP contribution in [0.2, 0.25) is 10.0 Å². The van der Waals surface area contributed by atoms with Crippen LogP contribution in [-0.4, -0.2) is 31.0 Å². The van der Waals surface area contributed by atoms with Gasteiger partial charge in [-0.05, 0) is 30.3 Å². The van der Waals surface area contributed by atoms with E-state index in [2.05, 4.69) is 20.9 Å². The quantitative estimate of drug-likeness (QED) is 0.544. The van der Waals surface area contributed by atoms with Crippen molar-refractivity contribution in [2.75, 3.05) is 7.11 Å². The van der Waals surface area contributed by atoms with Crippen molar-refractivity contribution in [2.24, 2.45) is 7.05 Å². The molecule has 0 saturated heterocycles. The number of nitrogens with one attached hydrogen (secondary N) is 1. The van der Waals surface area contributed by atoms with Gasteiger partial charge in [-0.2, -0.15) is 0 Å². The fourth-order valence-electron chi connectivity index (χ4n) is 2.59. The van der Waals surface area contributed by atoms with Crippen LogP contribution in [0.15, 0.2) is 52.0 Å². The van der Waals surface area contributed by atoms with Crippen LogP contribution in [0.3, 0.4) is 0 Å². The van der Waals surface area contributed by atoms with E-state index in [4.69, 9.17) is 27.9 Å². The van der Waals surface area contributed by atoms with Crippen molar-refractivity contribution < 1.29 is 17.9 Å². The van der Waals surface area contributed by atoms with Crippen molar-refractivity contribution in [3.05, 3.63) is 62.8 Å². The number of rotatable bonds is 5. The Labute approximate surface area is 185 Å². The van der Waals surface area contributed by atoms with Crippen LogP contribution in [0.25, 0.3) is 11.4 Å². The average molecular weight is 519 g/mol.